The van der Waals surface area contributed by atoms with Crippen molar-refractivity contribution in [2.45, 2.75) is 32.1 Å². The van der Waals surface area contributed by atoms with E-state index >= 15 is 0 Å². The van der Waals surface area contributed by atoms with Gasteiger partial charge in [-0.25, -0.2) is 0 Å². The largest absolute Gasteiger partial charge is 0.352 e. The van der Waals surface area contributed by atoms with Crippen molar-refractivity contribution in [2.24, 2.45) is 0 Å². The zero-order chi connectivity index (χ0) is 13.7. The van der Waals surface area contributed by atoms with Gasteiger partial charge in [0.2, 0.25) is 0 Å². The maximum absolute atomic E-state index is 12.0. The van der Waals surface area contributed by atoms with E-state index in [-0.39, 0.29) is 5.91 Å². The highest BCUT2D eigenvalue weighted by Gasteiger charge is 2.10. The summed E-state index contributed by atoms with van der Waals surface area (Å²) in [5, 5.41) is 3.57. The summed E-state index contributed by atoms with van der Waals surface area (Å²) >= 11 is 9.22. The molecule has 0 bridgehead atoms. The third-order valence-electron chi connectivity index (χ3n) is 3.29. The number of benzene rings is 1. The number of rotatable bonds is 4. The summed E-state index contributed by atoms with van der Waals surface area (Å²) in [6.07, 6.45) is 8.22. The molecule has 102 valence electrons. The molecule has 0 heterocycles. The molecule has 1 aromatic carbocycles. The fraction of sp³-hybridized carbons (Fsp3) is 0.400. The van der Waals surface area contributed by atoms with Gasteiger partial charge in [-0.1, -0.05) is 23.3 Å². The molecule has 19 heavy (non-hydrogen) atoms. The van der Waals surface area contributed by atoms with Crippen molar-refractivity contribution in [3.05, 3.63) is 44.9 Å². The van der Waals surface area contributed by atoms with Gasteiger partial charge in [-0.3, -0.25) is 4.79 Å². The van der Waals surface area contributed by atoms with E-state index in [4.69, 9.17) is 11.6 Å². The molecule has 2 rings (SSSR count). The first-order chi connectivity index (χ1) is 9.16. The van der Waals surface area contributed by atoms with Crippen LogP contribution in [0.5, 0.6) is 0 Å². The van der Waals surface area contributed by atoms with Gasteiger partial charge < -0.3 is 5.32 Å². The number of hydrogen-bond donors (Lipinski definition) is 1. The first-order valence-corrected chi connectivity index (χ1v) is 7.75. The van der Waals surface area contributed by atoms with E-state index < -0.39 is 0 Å². The van der Waals surface area contributed by atoms with Crippen LogP contribution in [0.1, 0.15) is 42.5 Å². The van der Waals surface area contributed by atoms with Crippen LogP contribution >= 0.6 is 27.5 Å². The summed E-state index contributed by atoms with van der Waals surface area (Å²) in [6.45, 7) is 0.694. The maximum Gasteiger partial charge on any atom is 0.252 e. The van der Waals surface area contributed by atoms with Gasteiger partial charge in [0, 0.05) is 16.0 Å². The van der Waals surface area contributed by atoms with Crippen molar-refractivity contribution in [1.82, 2.24) is 5.32 Å². The summed E-state index contributed by atoms with van der Waals surface area (Å²) in [7, 11) is 0. The fourth-order valence-corrected chi connectivity index (χ4v) is 3.10. The lowest BCUT2D eigenvalue weighted by Crippen LogP contribution is -2.25. The highest BCUT2D eigenvalue weighted by Crippen LogP contribution is 2.22. The van der Waals surface area contributed by atoms with Gasteiger partial charge in [0.25, 0.3) is 5.91 Å². The topological polar surface area (TPSA) is 29.1 Å². The second-order valence-corrected chi connectivity index (χ2v) is 6.03. The lowest BCUT2D eigenvalue weighted by atomic mass is 9.97. The van der Waals surface area contributed by atoms with Crippen molar-refractivity contribution in [1.29, 1.82) is 0 Å². The molecule has 0 spiro atoms. The first-order valence-electron chi connectivity index (χ1n) is 6.58. The van der Waals surface area contributed by atoms with E-state index in [1.807, 2.05) is 0 Å². The summed E-state index contributed by atoms with van der Waals surface area (Å²) in [5.41, 5.74) is 2.10. The van der Waals surface area contributed by atoms with E-state index in [1.165, 1.54) is 31.3 Å². The Balaban J connectivity index is 1.85. The van der Waals surface area contributed by atoms with Crippen LogP contribution in [0.15, 0.2) is 34.3 Å². The number of carbonyl (C=O) groups excluding carboxylic acids is 1. The van der Waals surface area contributed by atoms with E-state index in [1.54, 1.807) is 18.2 Å². The van der Waals surface area contributed by atoms with E-state index in [0.717, 1.165) is 10.9 Å². The van der Waals surface area contributed by atoms with Crippen LogP contribution in [0.3, 0.4) is 0 Å². The van der Waals surface area contributed by atoms with Gasteiger partial charge in [0.1, 0.15) is 0 Å². The lowest BCUT2D eigenvalue weighted by molar-refractivity contribution is 0.0953. The quantitative estimate of drug-likeness (QED) is 0.788. The summed E-state index contributed by atoms with van der Waals surface area (Å²) in [6, 6.07) is 5.20. The number of amides is 1. The molecule has 0 aromatic heterocycles. The number of allylic oxidation sites excluding steroid dienone is 1. The van der Waals surface area contributed by atoms with Gasteiger partial charge in [0.05, 0.1) is 5.56 Å². The van der Waals surface area contributed by atoms with Crippen LogP contribution < -0.4 is 5.32 Å². The second-order valence-electron chi connectivity index (χ2n) is 4.74. The number of carbonyl (C=O) groups is 1. The van der Waals surface area contributed by atoms with Gasteiger partial charge >= 0.3 is 0 Å². The molecule has 0 saturated heterocycles. The van der Waals surface area contributed by atoms with Crippen molar-refractivity contribution in [3.8, 4) is 0 Å². The number of halogens is 2. The molecule has 2 nitrogen and oxygen atoms in total. The van der Waals surface area contributed by atoms with Gasteiger partial charge in [-0.05, 0) is 66.2 Å². The fourth-order valence-electron chi connectivity index (χ4n) is 2.24. The third-order valence-corrected chi connectivity index (χ3v) is 4.18. The molecular weight excluding hydrogens is 326 g/mol. The number of hydrogen-bond acceptors (Lipinski definition) is 1. The molecule has 1 aliphatic carbocycles. The highest BCUT2D eigenvalue weighted by atomic mass is 79.9. The lowest BCUT2D eigenvalue weighted by Gasteiger charge is -2.13. The van der Waals surface area contributed by atoms with Gasteiger partial charge in [-0.2, -0.15) is 0 Å². The average molecular weight is 343 g/mol. The van der Waals surface area contributed by atoms with Crippen molar-refractivity contribution in [3.63, 3.8) is 0 Å². The Kier molecular flexibility index (Phi) is 5.46. The normalized spacial score (nSPS) is 14.9. The van der Waals surface area contributed by atoms with Crippen LogP contribution in [0.4, 0.5) is 0 Å². The smallest absolute Gasteiger partial charge is 0.252 e. The molecule has 1 aliphatic rings. The van der Waals surface area contributed by atoms with Crippen molar-refractivity contribution in [2.75, 3.05) is 6.54 Å². The van der Waals surface area contributed by atoms with Crippen LogP contribution in [0.2, 0.25) is 5.02 Å². The Labute approximate surface area is 127 Å². The van der Waals surface area contributed by atoms with Crippen molar-refractivity contribution < 1.29 is 4.79 Å². The molecule has 0 saturated carbocycles. The second kappa shape index (κ2) is 7.11. The zero-order valence-electron chi connectivity index (χ0n) is 10.7. The Morgan fingerprint density at radius 2 is 2.21 bits per heavy atom. The first kappa shape index (κ1) is 14.6. The molecule has 4 heteroatoms. The Morgan fingerprint density at radius 1 is 1.37 bits per heavy atom. The molecule has 0 fully saturated rings. The number of nitrogens with one attached hydrogen (secondary N) is 1. The zero-order valence-corrected chi connectivity index (χ0v) is 13.1. The summed E-state index contributed by atoms with van der Waals surface area (Å²) < 4.78 is 0.731. The third kappa shape index (κ3) is 4.36. The Hall–Kier alpha value is -0.800. The standard InChI is InChI=1S/C15H17BrClNO/c16-14-10-12(17)6-7-13(14)15(19)18-9-8-11-4-2-1-3-5-11/h4,6-7,10H,1-3,5,8-9H2,(H,18,19). The van der Waals surface area contributed by atoms with Gasteiger partial charge in [0.15, 0.2) is 0 Å². The van der Waals surface area contributed by atoms with Crippen LogP contribution in [0, 0.1) is 0 Å². The van der Waals surface area contributed by atoms with E-state index in [0.29, 0.717) is 17.1 Å². The van der Waals surface area contributed by atoms with E-state index in [2.05, 4.69) is 27.3 Å². The predicted octanol–water partition coefficient (Wildman–Crippen LogP) is 4.72. The average Bonchev–Trinajstić information content (AvgIpc) is 2.39. The monoisotopic (exact) mass is 341 g/mol. The molecule has 1 N–H and O–H groups in total. The minimum atomic E-state index is -0.0556. The van der Waals surface area contributed by atoms with Gasteiger partial charge in [-0.15, -0.1) is 0 Å². The molecule has 0 atom stereocenters. The SMILES string of the molecule is O=C(NCCC1=CCCCC1)c1ccc(Cl)cc1Br. The molecule has 1 aromatic rings. The minimum Gasteiger partial charge on any atom is -0.352 e. The molecule has 0 radical (unpaired) electrons. The maximum atomic E-state index is 12.0. The van der Waals surface area contributed by atoms with E-state index in [9.17, 15) is 4.79 Å². The minimum absolute atomic E-state index is 0.0556. The Morgan fingerprint density at radius 3 is 2.89 bits per heavy atom. The summed E-state index contributed by atoms with van der Waals surface area (Å²) in [4.78, 5) is 12.0. The highest BCUT2D eigenvalue weighted by molar-refractivity contribution is 9.10. The van der Waals surface area contributed by atoms with Crippen LogP contribution in [0.25, 0.3) is 0 Å². The predicted molar refractivity (Wildman–Crippen MR) is 82.7 cm³/mol. The van der Waals surface area contributed by atoms with Crippen LogP contribution in [-0.2, 0) is 0 Å². The molecule has 0 unspecified atom stereocenters. The summed E-state index contributed by atoms with van der Waals surface area (Å²) in [5.74, 6) is -0.0556. The van der Waals surface area contributed by atoms with Crippen LogP contribution in [-0.4, -0.2) is 12.5 Å². The molecular formula is C15H17BrClNO. The Bertz CT molecular complexity index is 499. The van der Waals surface area contributed by atoms with Crippen molar-refractivity contribution >= 4 is 33.4 Å². The molecule has 1 amide bonds. The molecule has 0 aliphatic heterocycles.